The second-order valence-electron chi connectivity index (χ2n) is 4.38. The Morgan fingerprint density at radius 3 is 2.84 bits per heavy atom. The van der Waals surface area contributed by atoms with E-state index in [2.05, 4.69) is 6.58 Å². The van der Waals surface area contributed by atoms with Crippen LogP contribution in [0.4, 0.5) is 0 Å². The van der Waals surface area contributed by atoms with Crippen molar-refractivity contribution in [1.29, 1.82) is 0 Å². The van der Waals surface area contributed by atoms with Gasteiger partial charge in [0.2, 0.25) is 0 Å². The molecule has 0 radical (unpaired) electrons. The summed E-state index contributed by atoms with van der Waals surface area (Å²) in [6.07, 6.45) is 3.87. The molecule has 1 rings (SSSR count). The highest BCUT2D eigenvalue weighted by Gasteiger charge is 2.21. The van der Waals surface area contributed by atoms with Crippen LogP contribution in [0.25, 0.3) is 0 Å². The van der Waals surface area contributed by atoms with E-state index in [0.717, 1.165) is 0 Å². The molecule has 5 heteroatoms. The maximum atomic E-state index is 11.7. The van der Waals surface area contributed by atoms with Gasteiger partial charge in [-0.15, -0.1) is 0 Å². The second kappa shape index (κ2) is 7.51. The lowest BCUT2D eigenvalue weighted by Gasteiger charge is -2.15. The van der Waals surface area contributed by atoms with Crippen molar-refractivity contribution in [1.82, 2.24) is 0 Å². The van der Waals surface area contributed by atoms with Gasteiger partial charge in [-0.2, -0.15) is 0 Å². The summed E-state index contributed by atoms with van der Waals surface area (Å²) in [5, 5.41) is 0. The quantitative estimate of drug-likeness (QED) is 0.540. The summed E-state index contributed by atoms with van der Waals surface area (Å²) in [4.78, 5) is 34.2. The van der Waals surface area contributed by atoms with Crippen molar-refractivity contribution in [3.05, 3.63) is 24.3 Å². The molecule has 0 fully saturated rings. The van der Waals surface area contributed by atoms with Crippen LogP contribution in [-0.4, -0.2) is 30.4 Å². The Labute approximate surface area is 112 Å². The summed E-state index contributed by atoms with van der Waals surface area (Å²) in [6, 6.07) is 0. The van der Waals surface area contributed by atoms with Crippen LogP contribution in [0, 0.1) is 0 Å². The minimum atomic E-state index is -0.581. The lowest BCUT2D eigenvalue weighted by molar-refractivity contribution is -0.151. The van der Waals surface area contributed by atoms with Gasteiger partial charge < -0.3 is 9.47 Å². The lowest BCUT2D eigenvalue weighted by atomic mass is 9.99. The van der Waals surface area contributed by atoms with Crippen molar-refractivity contribution in [2.45, 2.75) is 38.7 Å². The molecule has 104 valence electrons. The Morgan fingerprint density at radius 1 is 1.47 bits per heavy atom. The number of carbonyl (C=O) groups excluding carboxylic acids is 3. The first-order valence-corrected chi connectivity index (χ1v) is 6.24. The number of ether oxygens (including phenoxy) is 2. The standard InChI is InChI=1S/C14H18O5/c1-3-7-18-13(16)8-10(2)19-14(17)11-5-4-6-12(15)9-11/h3,9-10H,1,4-8H2,2H3/t10-/m1/s1. The fraction of sp³-hybridized carbons (Fsp3) is 0.500. The van der Waals surface area contributed by atoms with E-state index in [-0.39, 0.29) is 18.8 Å². The van der Waals surface area contributed by atoms with Crippen molar-refractivity contribution < 1.29 is 23.9 Å². The molecule has 0 aliphatic heterocycles. The number of hydrogen-bond acceptors (Lipinski definition) is 5. The predicted molar refractivity (Wildman–Crippen MR) is 68.3 cm³/mol. The van der Waals surface area contributed by atoms with E-state index in [0.29, 0.717) is 24.8 Å². The average molecular weight is 266 g/mol. The van der Waals surface area contributed by atoms with Gasteiger partial charge in [-0.05, 0) is 25.8 Å². The maximum absolute atomic E-state index is 11.7. The summed E-state index contributed by atoms with van der Waals surface area (Å²) in [7, 11) is 0. The third kappa shape index (κ3) is 5.50. The molecule has 5 nitrogen and oxygen atoms in total. The zero-order valence-electron chi connectivity index (χ0n) is 11.0. The molecule has 0 bridgehead atoms. The number of carbonyl (C=O) groups is 3. The van der Waals surface area contributed by atoms with E-state index >= 15 is 0 Å². The van der Waals surface area contributed by atoms with Gasteiger partial charge in [0.05, 0.1) is 6.42 Å². The van der Waals surface area contributed by atoms with E-state index < -0.39 is 18.0 Å². The van der Waals surface area contributed by atoms with Crippen molar-refractivity contribution >= 4 is 17.7 Å². The van der Waals surface area contributed by atoms with Crippen molar-refractivity contribution in [2.24, 2.45) is 0 Å². The van der Waals surface area contributed by atoms with Gasteiger partial charge in [0.15, 0.2) is 5.78 Å². The largest absolute Gasteiger partial charge is 0.461 e. The van der Waals surface area contributed by atoms with Crippen molar-refractivity contribution in [3.8, 4) is 0 Å². The first-order chi connectivity index (χ1) is 9.02. The van der Waals surface area contributed by atoms with Crippen LogP contribution in [-0.2, 0) is 23.9 Å². The Kier molecular flexibility index (Phi) is 5.99. The molecule has 0 N–H and O–H groups in total. The monoisotopic (exact) mass is 266 g/mol. The van der Waals surface area contributed by atoms with Gasteiger partial charge >= 0.3 is 11.9 Å². The van der Waals surface area contributed by atoms with Gasteiger partial charge in [0.1, 0.15) is 12.7 Å². The molecule has 1 atom stereocenters. The molecule has 1 aliphatic carbocycles. The van der Waals surface area contributed by atoms with Gasteiger partial charge in [-0.25, -0.2) is 4.79 Å². The highest BCUT2D eigenvalue weighted by Crippen LogP contribution is 2.17. The Morgan fingerprint density at radius 2 is 2.21 bits per heavy atom. The minimum Gasteiger partial charge on any atom is -0.461 e. The summed E-state index contributed by atoms with van der Waals surface area (Å²) >= 11 is 0. The van der Waals surface area contributed by atoms with Gasteiger partial charge in [-0.3, -0.25) is 9.59 Å². The molecule has 0 amide bonds. The highest BCUT2D eigenvalue weighted by atomic mass is 16.6. The van der Waals surface area contributed by atoms with E-state index in [1.165, 1.54) is 12.2 Å². The van der Waals surface area contributed by atoms with Crippen LogP contribution in [0.1, 0.15) is 32.6 Å². The molecule has 0 aromatic carbocycles. The van der Waals surface area contributed by atoms with Crippen LogP contribution < -0.4 is 0 Å². The van der Waals surface area contributed by atoms with Crippen LogP contribution in [0.3, 0.4) is 0 Å². The third-order valence-corrected chi connectivity index (χ3v) is 2.59. The summed E-state index contributed by atoms with van der Waals surface area (Å²) in [5.74, 6) is -1.04. The smallest absolute Gasteiger partial charge is 0.334 e. The number of esters is 2. The first-order valence-electron chi connectivity index (χ1n) is 6.24. The second-order valence-corrected chi connectivity index (χ2v) is 4.38. The van der Waals surface area contributed by atoms with E-state index in [1.54, 1.807) is 6.92 Å². The molecule has 1 aliphatic rings. The predicted octanol–water partition coefficient (Wildman–Crippen LogP) is 1.72. The van der Waals surface area contributed by atoms with Crippen LogP contribution in [0.2, 0.25) is 0 Å². The fourth-order valence-corrected chi connectivity index (χ4v) is 1.70. The topological polar surface area (TPSA) is 69.7 Å². The molecule has 0 saturated heterocycles. The zero-order chi connectivity index (χ0) is 14.3. The SMILES string of the molecule is C=CCOC(=O)C[C@@H](C)OC(=O)C1=CC(=O)CCC1. The highest BCUT2D eigenvalue weighted by molar-refractivity contribution is 6.00. The first kappa shape index (κ1) is 15.1. The van der Waals surface area contributed by atoms with Crippen LogP contribution in [0.15, 0.2) is 24.3 Å². The summed E-state index contributed by atoms with van der Waals surface area (Å²) in [6.45, 7) is 5.17. The molecule has 0 saturated carbocycles. The number of ketones is 1. The maximum Gasteiger partial charge on any atom is 0.334 e. The molecule has 0 spiro atoms. The summed E-state index contributed by atoms with van der Waals surface area (Å²) in [5.41, 5.74) is 0.377. The van der Waals surface area contributed by atoms with Crippen LogP contribution >= 0.6 is 0 Å². The Hall–Kier alpha value is -1.91. The number of hydrogen-bond donors (Lipinski definition) is 0. The normalized spacial score (nSPS) is 16.3. The minimum absolute atomic E-state index is 0.0131. The molecule has 0 aromatic rings. The lowest BCUT2D eigenvalue weighted by Crippen LogP contribution is -2.22. The van der Waals surface area contributed by atoms with E-state index in [1.807, 2.05) is 0 Å². The fourth-order valence-electron chi connectivity index (χ4n) is 1.70. The van der Waals surface area contributed by atoms with Gasteiger partial charge in [-0.1, -0.05) is 12.7 Å². The molecule has 19 heavy (non-hydrogen) atoms. The summed E-state index contributed by atoms with van der Waals surface area (Å²) < 4.78 is 9.89. The van der Waals surface area contributed by atoms with Crippen molar-refractivity contribution in [3.63, 3.8) is 0 Å². The Balaban J connectivity index is 2.41. The third-order valence-electron chi connectivity index (χ3n) is 2.59. The number of rotatable bonds is 6. The number of allylic oxidation sites excluding steroid dienone is 1. The van der Waals surface area contributed by atoms with E-state index in [4.69, 9.17) is 9.47 Å². The Bertz CT molecular complexity index is 408. The van der Waals surface area contributed by atoms with Crippen molar-refractivity contribution in [2.75, 3.05) is 6.61 Å². The molecule has 0 aromatic heterocycles. The van der Waals surface area contributed by atoms with Crippen LogP contribution in [0.5, 0.6) is 0 Å². The van der Waals surface area contributed by atoms with Gasteiger partial charge in [0, 0.05) is 12.0 Å². The zero-order valence-corrected chi connectivity index (χ0v) is 11.0. The average Bonchev–Trinajstić information content (AvgIpc) is 2.36. The van der Waals surface area contributed by atoms with E-state index in [9.17, 15) is 14.4 Å². The molecular formula is C14H18O5. The molecule has 0 unspecified atom stereocenters. The molecular weight excluding hydrogens is 248 g/mol. The van der Waals surface area contributed by atoms with Gasteiger partial charge in [0.25, 0.3) is 0 Å². The molecule has 0 heterocycles.